The molecule has 114 valence electrons. The number of carbonyl (C=O) groups excluding carboxylic acids is 1. The van der Waals surface area contributed by atoms with Crippen LogP contribution in [0.25, 0.3) is 6.08 Å². The summed E-state index contributed by atoms with van der Waals surface area (Å²) in [6, 6.07) is 6.11. The fourth-order valence-corrected chi connectivity index (χ4v) is 2.42. The Labute approximate surface area is 125 Å². The first-order valence-corrected chi connectivity index (χ1v) is 7.32. The lowest BCUT2D eigenvalue weighted by atomic mass is 9.94. The number of aliphatic hydroxyl groups is 1. The summed E-state index contributed by atoms with van der Waals surface area (Å²) in [5.74, 6) is -0.185. The molecular formula is C17H23NO3. The maximum absolute atomic E-state index is 11.8. The molecule has 1 amide bonds. The van der Waals surface area contributed by atoms with Gasteiger partial charge in [0, 0.05) is 38.7 Å². The van der Waals surface area contributed by atoms with Gasteiger partial charge in [-0.15, -0.1) is 0 Å². The lowest BCUT2D eigenvalue weighted by Crippen LogP contribution is -2.46. The normalized spacial score (nSPS) is 17.9. The van der Waals surface area contributed by atoms with Crippen LogP contribution in [0.1, 0.15) is 29.5 Å². The first kappa shape index (κ1) is 15.7. The summed E-state index contributed by atoms with van der Waals surface area (Å²) >= 11 is 0. The quantitative estimate of drug-likeness (QED) is 0.833. The van der Waals surface area contributed by atoms with E-state index >= 15 is 0 Å². The van der Waals surface area contributed by atoms with Crippen LogP contribution in [-0.2, 0) is 9.53 Å². The maximum atomic E-state index is 11.8. The van der Waals surface area contributed by atoms with Crippen molar-refractivity contribution in [3.63, 3.8) is 0 Å². The SMILES string of the molecule is Cc1ccc(/C=C/C(=O)NCC2(O)CCOCC2)c(C)c1. The number of carbonyl (C=O) groups is 1. The molecule has 0 bridgehead atoms. The predicted octanol–water partition coefficient (Wildman–Crippen LogP) is 1.97. The minimum absolute atomic E-state index is 0.185. The number of hydrogen-bond acceptors (Lipinski definition) is 3. The topological polar surface area (TPSA) is 58.6 Å². The van der Waals surface area contributed by atoms with E-state index in [1.54, 1.807) is 6.08 Å². The second-order valence-corrected chi connectivity index (χ2v) is 5.75. The highest BCUT2D eigenvalue weighted by Gasteiger charge is 2.29. The molecule has 1 aliphatic heterocycles. The van der Waals surface area contributed by atoms with Gasteiger partial charge in [0.25, 0.3) is 0 Å². The van der Waals surface area contributed by atoms with Crippen LogP contribution in [-0.4, -0.2) is 36.4 Å². The highest BCUT2D eigenvalue weighted by molar-refractivity contribution is 5.91. The van der Waals surface area contributed by atoms with Gasteiger partial charge in [-0.2, -0.15) is 0 Å². The largest absolute Gasteiger partial charge is 0.388 e. The molecule has 1 saturated heterocycles. The van der Waals surface area contributed by atoms with Crippen molar-refractivity contribution < 1.29 is 14.6 Å². The van der Waals surface area contributed by atoms with Gasteiger partial charge in [0.05, 0.1) is 5.60 Å². The van der Waals surface area contributed by atoms with E-state index in [-0.39, 0.29) is 12.5 Å². The summed E-state index contributed by atoms with van der Waals surface area (Å²) in [6.45, 7) is 5.43. The highest BCUT2D eigenvalue weighted by atomic mass is 16.5. The maximum Gasteiger partial charge on any atom is 0.244 e. The van der Waals surface area contributed by atoms with Crippen molar-refractivity contribution in [2.45, 2.75) is 32.3 Å². The molecule has 1 aromatic carbocycles. The van der Waals surface area contributed by atoms with Crippen LogP contribution in [0, 0.1) is 13.8 Å². The summed E-state index contributed by atoms with van der Waals surface area (Å²) in [5.41, 5.74) is 2.54. The van der Waals surface area contributed by atoms with Crippen LogP contribution < -0.4 is 5.32 Å². The van der Waals surface area contributed by atoms with Crippen molar-refractivity contribution >= 4 is 12.0 Å². The van der Waals surface area contributed by atoms with Gasteiger partial charge in [-0.05, 0) is 31.1 Å². The average Bonchev–Trinajstić information content (AvgIpc) is 2.45. The molecule has 0 aromatic heterocycles. The van der Waals surface area contributed by atoms with Crippen LogP contribution >= 0.6 is 0 Å². The van der Waals surface area contributed by atoms with Gasteiger partial charge >= 0.3 is 0 Å². The van der Waals surface area contributed by atoms with Gasteiger partial charge in [-0.25, -0.2) is 0 Å². The average molecular weight is 289 g/mol. The third kappa shape index (κ3) is 4.69. The van der Waals surface area contributed by atoms with Crippen molar-refractivity contribution in [3.8, 4) is 0 Å². The van der Waals surface area contributed by atoms with E-state index in [2.05, 4.69) is 11.4 Å². The summed E-state index contributed by atoms with van der Waals surface area (Å²) in [7, 11) is 0. The van der Waals surface area contributed by atoms with Crippen LogP contribution in [0.5, 0.6) is 0 Å². The Kier molecular flexibility index (Phi) is 5.15. The van der Waals surface area contributed by atoms with E-state index in [9.17, 15) is 9.90 Å². The second kappa shape index (κ2) is 6.87. The fourth-order valence-electron chi connectivity index (χ4n) is 2.42. The Bertz CT molecular complexity index is 531. The van der Waals surface area contributed by atoms with Crippen LogP contribution in [0.15, 0.2) is 24.3 Å². The molecule has 2 rings (SSSR count). The van der Waals surface area contributed by atoms with Crippen molar-refractivity contribution in [1.29, 1.82) is 0 Å². The zero-order valence-electron chi connectivity index (χ0n) is 12.7. The number of amides is 1. The number of benzene rings is 1. The summed E-state index contributed by atoms with van der Waals surface area (Å²) < 4.78 is 5.21. The molecule has 0 radical (unpaired) electrons. The first-order chi connectivity index (χ1) is 9.98. The van der Waals surface area contributed by atoms with Crippen molar-refractivity contribution in [2.75, 3.05) is 19.8 Å². The first-order valence-electron chi connectivity index (χ1n) is 7.32. The Morgan fingerprint density at radius 3 is 2.76 bits per heavy atom. The molecule has 1 aromatic rings. The van der Waals surface area contributed by atoms with E-state index in [1.165, 1.54) is 11.6 Å². The van der Waals surface area contributed by atoms with E-state index in [4.69, 9.17) is 4.74 Å². The molecule has 21 heavy (non-hydrogen) atoms. The number of hydrogen-bond donors (Lipinski definition) is 2. The lowest BCUT2D eigenvalue weighted by molar-refractivity contribution is -0.119. The van der Waals surface area contributed by atoms with E-state index in [0.717, 1.165) is 11.1 Å². The van der Waals surface area contributed by atoms with Crippen LogP contribution in [0.2, 0.25) is 0 Å². The predicted molar refractivity (Wildman–Crippen MR) is 83.0 cm³/mol. The monoisotopic (exact) mass is 289 g/mol. The molecule has 2 N–H and O–H groups in total. The van der Waals surface area contributed by atoms with Gasteiger partial charge in [0.2, 0.25) is 5.91 Å². The van der Waals surface area contributed by atoms with Crippen molar-refractivity contribution in [2.24, 2.45) is 0 Å². The molecule has 0 atom stereocenters. The van der Waals surface area contributed by atoms with Crippen molar-refractivity contribution in [3.05, 3.63) is 41.0 Å². The zero-order chi connectivity index (χ0) is 15.3. The molecule has 1 heterocycles. The summed E-state index contributed by atoms with van der Waals surface area (Å²) in [4.78, 5) is 11.8. The molecule has 4 nitrogen and oxygen atoms in total. The Hall–Kier alpha value is -1.65. The Morgan fingerprint density at radius 2 is 2.10 bits per heavy atom. The number of ether oxygens (including phenoxy) is 1. The van der Waals surface area contributed by atoms with Gasteiger partial charge in [-0.1, -0.05) is 23.8 Å². The fraction of sp³-hybridized carbons (Fsp3) is 0.471. The standard InChI is InChI=1S/C17H23NO3/c1-13-3-4-15(14(2)11-13)5-6-16(19)18-12-17(20)7-9-21-10-8-17/h3-6,11,20H,7-10,12H2,1-2H3,(H,18,19)/b6-5+. The molecule has 1 aliphatic rings. The second-order valence-electron chi connectivity index (χ2n) is 5.75. The van der Waals surface area contributed by atoms with E-state index in [1.807, 2.05) is 26.0 Å². The van der Waals surface area contributed by atoms with E-state index in [0.29, 0.717) is 26.1 Å². The molecule has 0 aliphatic carbocycles. The minimum Gasteiger partial charge on any atom is -0.388 e. The third-order valence-corrected chi connectivity index (χ3v) is 3.85. The minimum atomic E-state index is -0.832. The van der Waals surface area contributed by atoms with Crippen LogP contribution in [0.4, 0.5) is 0 Å². The van der Waals surface area contributed by atoms with Crippen molar-refractivity contribution in [1.82, 2.24) is 5.32 Å². The highest BCUT2D eigenvalue weighted by Crippen LogP contribution is 2.19. The van der Waals surface area contributed by atoms with Gasteiger partial charge in [-0.3, -0.25) is 4.79 Å². The smallest absolute Gasteiger partial charge is 0.244 e. The molecule has 0 saturated carbocycles. The Balaban J connectivity index is 1.87. The molecule has 1 fully saturated rings. The summed E-state index contributed by atoms with van der Waals surface area (Å²) in [6.07, 6.45) is 4.45. The van der Waals surface area contributed by atoms with E-state index < -0.39 is 5.60 Å². The molecule has 0 spiro atoms. The Morgan fingerprint density at radius 1 is 1.38 bits per heavy atom. The number of aryl methyl sites for hydroxylation is 2. The summed E-state index contributed by atoms with van der Waals surface area (Å²) in [5, 5.41) is 13.0. The molecule has 0 unspecified atom stereocenters. The van der Waals surface area contributed by atoms with Gasteiger partial charge < -0.3 is 15.2 Å². The number of nitrogens with one attached hydrogen (secondary N) is 1. The lowest BCUT2D eigenvalue weighted by Gasteiger charge is -2.31. The molecule has 4 heteroatoms. The van der Waals surface area contributed by atoms with Gasteiger partial charge in [0.1, 0.15) is 0 Å². The zero-order valence-corrected chi connectivity index (χ0v) is 12.7. The number of rotatable bonds is 4. The van der Waals surface area contributed by atoms with Gasteiger partial charge in [0.15, 0.2) is 0 Å². The molecular weight excluding hydrogens is 266 g/mol. The van der Waals surface area contributed by atoms with Crippen LogP contribution in [0.3, 0.4) is 0 Å². The third-order valence-electron chi connectivity index (χ3n) is 3.85.